The van der Waals surface area contributed by atoms with Gasteiger partial charge in [0, 0.05) is 4.47 Å². The van der Waals surface area contributed by atoms with E-state index in [1.807, 2.05) is 0 Å². The number of halogens is 1. The number of benzene rings is 2. The molecule has 1 unspecified atom stereocenters. The molecule has 1 atom stereocenters. The van der Waals surface area contributed by atoms with Crippen LogP contribution in [0.4, 0.5) is 0 Å². The molecule has 0 radical (unpaired) electrons. The van der Waals surface area contributed by atoms with Crippen molar-refractivity contribution in [2.75, 3.05) is 6.54 Å². The van der Waals surface area contributed by atoms with Crippen LogP contribution in [0.15, 0.2) is 53.0 Å². The van der Waals surface area contributed by atoms with Crippen LogP contribution in [0.5, 0.6) is 0 Å². The van der Waals surface area contributed by atoms with Crippen molar-refractivity contribution in [1.29, 1.82) is 0 Å². The van der Waals surface area contributed by atoms with Gasteiger partial charge >= 0.3 is 0 Å². The van der Waals surface area contributed by atoms with Crippen molar-refractivity contribution in [2.24, 2.45) is 0 Å². The lowest BCUT2D eigenvalue weighted by Gasteiger charge is -2.31. The second kappa shape index (κ2) is 6.76. The highest BCUT2D eigenvalue weighted by Crippen LogP contribution is 2.40. The van der Waals surface area contributed by atoms with E-state index in [0.29, 0.717) is 6.04 Å². The predicted octanol–water partition coefficient (Wildman–Crippen LogP) is 5.42. The quantitative estimate of drug-likeness (QED) is 0.764. The maximum absolute atomic E-state index is 3.66. The molecule has 1 saturated carbocycles. The summed E-state index contributed by atoms with van der Waals surface area (Å²) in [5, 5.41) is 3.66. The van der Waals surface area contributed by atoms with Gasteiger partial charge in [0.25, 0.3) is 0 Å². The summed E-state index contributed by atoms with van der Waals surface area (Å²) in [6, 6.07) is 18.0. The first-order chi connectivity index (χ1) is 10.3. The van der Waals surface area contributed by atoms with E-state index in [2.05, 4.69) is 76.7 Å². The summed E-state index contributed by atoms with van der Waals surface area (Å²) in [4.78, 5) is 0. The van der Waals surface area contributed by atoms with Crippen LogP contribution in [-0.2, 0) is 0 Å². The van der Waals surface area contributed by atoms with E-state index in [-0.39, 0.29) is 0 Å². The molecule has 1 nitrogen and oxygen atoms in total. The largest absolute Gasteiger partial charge is 0.307 e. The minimum atomic E-state index is 0.292. The van der Waals surface area contributed by atoms with Crippen LogP contribution in [0.2, 0.25) is 0 Å². The third kappa shape index (κ3) is 3.22. The van der Waals surface area contributed by atoms with Crippen LogP contribution in [0.3, 0.4) is 0 Å². The fourth-order valence-corrected chi connectivity index (χ4v) is 3.40. The van der Waals surface area contributed by atoms with Crippen molar-refractivity contribution in [3.8, 4) is 0 Å². The van der Waals surface area contributed by atoms with Crippen LogP contribution in [0.25, 0.3) is 0 Å². The maximum atomic E-state index is 3.66. The number of nitrogens with one attached hydrogen (secondary N) is 1. The molecule has 0 saturated heterocycles. The number of hydrogen-bond acceptors (Lipinski definition) is 1. The second-order valence-electron chi connectivity index (χ2n) is 5.80. The second-order valence-corrected chi connectivity index (χ2v) is 6.71. The lowest BCUT2D eigenvalue weighted by molar-refractivity contribution is 0.414. The lowest BCUT2D eigenvalue weighted by atomic mass is 9.76. The first kappa shape index (κ1) is 14.8. The van der Waals surface area contributed by atoms with Crippen molar-refractivity contribution in [3.05, 3.63) is 69.7 Å². The molecule has 2 aromatic rings. The fourth-order valence-electron chi connectivity index (χ4n) is 3.13. The summed E-state index contributed by atoms with van der Waals surface area (Å²) >= 11 is 3.53. The van der Waals surface area contributed by atoms with Crippen LogP contribution >= 0.6 is 15.9 Å². The van der Waals surface area contributed by atoms with Crippen molar-refractivity contribution in [1.82, 2.24) is 5.32 Å². The molecule has 1 aliphatic rings. The van der Waals surface area contributed by atoms with Gasteiger partial charge in [0.1, 0.15) is 0 Å². The Morgan fingerprint density at radius 3 is 2.43 bits per heavy atom. The minimum absolute atomic E-state index is 0.292. The van der Waals surface area contributed by atoms with Crippen molar-refractivity contribution in [2.45, 2.75) is 38.1 Å². The first-order valence-electron chi connectivity index (χ1n) is 7.87. The van der Waals surface area contributed by atoms with Crippen molar-refractivity contribution in [3.63, 3.8) is 0 Å². The molecular weight excluding hydrogens is 322 g/mol. The van der Waals surface area contributed by atoms with Gasteiger partial charge in [-0.1, -0.05) is 65.7 Å². The zero-order valence-electron chi connectivity index (χ0n) is 12.5. The molecular formula is C19H22BrN. The zero-order chi connectivity index (χ0) is 14.7. The average molecular weight is 344 g/mol. The fraction of sp³-hybridized carbons (Fsp3) is 0.368. The molecule has 2 heteroatoms. The molecule has 0 spiro atoms. The Kier molecular flexibility index (Phi) is 4.77. The van der Waals surface area contributed by atoms with Gasteiger partial charge in [-0.15, -0.1) is 0 Å². The summed E-state index contributed by atoms with van der Waals surface area (Å²) in [5.74, 6) is 0.762. The molecule has 0 aromatic heterocycles. The third-order valence-corrected chi connectivity index (χ3v) is 4.99. The molecule has 3 rings (SSSR count). The third-order valence-electron chi connectivity index (χ3n) is 4.46. The molecule has 1 N–H and O–H groups in total. The van der Waals surface area contributed by atoms with E-state index in [1.54, 1.807) is 0 Å². The summed E-state index contributed by atoms with van der Waals surface area (Å²) in [5.41, 5.74) is 4.33. The van der Waals surface area contributed by atoms with Gasteiger partial charge in [0.05, 0.1) is 6.04 Å². The molecule has 21 heavy (non-hydrogen) atoms. The summed E-state index contributed by atoms with van der Waals surface area (Å²) in [6.07, 6.45) is 4.07. The maximum Gasteiger partial charge on any atom is 0.0579 e. The first-order valence-corrected chi connectivity index (χ1v) is 8.66. The minimum Gasteiger partial charge on any atom is -0.307 e. The molecule has 0 amide bonds. The average Bonchev–Trinajstić information content (AvgIpc) is 2.45. The zero-order valence-corrected chi connectivity index (χ0v) is 14.1. The Morgan fingerprint density at radius 1 is 1.10 bits per heavy atom. The van der Waals surface area contributed by atoms with E-state index in [1.165, 1.54) is 36.0 Å². The summed E-state index contributed by atoms with van der Waals surface area (Å²) < 4.78 is 1.13. The van der Waals surface area contributed by atoms with Crippen LogP contribution in [0.1, 0.15) is 54.8 Å². The summed E-state index contributed by atoms with van der Waals surface area (Å²) in [7, 11) is 0. The van der Waals surface area contributed by atoms with Crippen LogP contribution in [0, 0.1) is 0 Å². The smallest absolute Gasteiger partial charge is 0.0579 e. The standard InChI is InChI=1S/C19H22BrN/c1-2-21-19(15-10-12-16(20)13-11-15)18-9-4-3-8-17(18)14-6-5-7-14/h3-4,8-14,19,21H,2,5-7H2,1H3. The van der Waals surface area contributed by atoms with Crippen LogP contribution in [-0.4, -0.2) is 6.54 Å². The highest BCUT2D eigenvalue weighted by molar-refractivity contribution is 9.10. The van der Waals surface area contributed by atoms with Gasteiger partial charge < -0.3 is 5.32 Å². The van der Waals surface area contributed by atoms with E-state index >= 15 is 0 Å². The lowest BCUT2D eigenvalue weighted by Crippen LogP contribution is -2.24. The molecule has 0 bridgehead atoms. The van der Waals surface area contributed by atoms with Gasteiger partial charge in [-0.05, 0) is 54.1 Å². The molecule has 1 aliphatic carbocycles. The summed E-state index contributed by atoms with van der Waals surface area (Å²) in [6.45, 7) is 3.15. The highest BCUT2D eigenvalue weighted by Gasteiger charge is 2.25. The number of hydrogen-bond donors (Lipinski definition) is 1. The SMILES string of the molecule is CCNC(c1ccc(Br)cc1)c1ccccc1C1CCC1. The van der Waals surface area contributed by atoms with Crippen molar-refractivity contribution >= 4 is 15.9 Å². The Labute approximate surface area is 135 Å². The monoisotopic (exact) mass is 343 g/mol. The van der Waals surface area contributed by atoms with E-state index in [9.17, 15) is 0 Å². The molecule has 2 aromatic carbocycles. The highest BCUT2D eigenvalue weighted by atomic mass is 79.9. The Hall–Kier alpha value is -1.12. The van der Waals surface area contributed by atoms with E-state index in [0.717, 1.165) is 16.9 Å². The van der Waals surface area contributed by atoms with Crippen molar-refractivity contribution < 1.29 is 0 Å². The molecule has 1 fully saturated rings. The predicted molar refractivity (Wildman–Crippen MR) is 92.7 cm³/mol. The molecule has 0 aliphatic heterocycles. The van der Waals surface area contributed by atoms with E-state index in [4.69, 9.17) is 0 Å². The Balaban J connectivity index is 1.99. The van der Waals surface area contributed by atoms with E-state index < -0.39 is 0 Å². The Bertz CT molecular complexity index is 587. The molecule has 0 heterocycles. The van der Waals surface area contributed by atoms with Gasteiger partial charge in [-0.3, -0.25) is 0 Å². The normalized spacial score (nSPS) is 16.5. The van der Waals surface area contributed by atoms with Gasteiger partial charge in [0.15, 0.2) is 0 Å². The topological polar surface area (TPSA) is 12.0 Å². The van der Waals surface area contributed by atoms with Gasteiger partial charge in [0.2, 0.25) is 0 Å². The Morgan fingerprint density at radius 2 is 1.81 bits per heavy atom. The van der Waals surface area contributed by atoms with Gasteiger partial charge in [-0.2, -0.15) is 0 Å². The number of rotatable bonds is 5. The molecule has 110 valence electrons. The van der Waals surface area contributed by atoms with Crippen LogP contribution < -0.4 is 5.32 Å². The van der Waals surface area contributed by atoms with Gasteiger partial charge in [-0.25, -0.2) is 0 Å².